The Bertz CT molecular complexity index is 300. The van der Waals surface area contributed by atoms with E-state index in [1.807, 2.05) is 0 Å². The molecule has 1 unspecified atom stereocenters. The summed E-state index contributed by atoms with van der Waals surface area (Å²) in [7, 11) is 0. The van der Waals surface area contributed by atoms with E-state index in [1.165, 1.54) is 0 Å². The van der Waals surface area contributed by atoms with Crippen molar-refractivity contribution in [3.8, 4) is 12.3 Å². The van der Waals surface area contributed by atoms with Gasteiger partial charge in [0.2, 0.25) is 0 Å². The van der Waals surface area contributed by atoms with E-state index in [1.54, 1.807) is 17.1 Å². The van der Waals surface area contributed by atoms with E-state index in [-0.39, 0.29) is 12.6 Å². The fraction of sp³-hybridized carbons (Fsp3) is 0.444. The molecule has 0 amide bonds. The van der Waals surface area contributed by atoms with Crippen molar-refractivity contribution in [2.24, 2.45) is 5.73 Å². The second kappa shape index (κ2) is 4.65. The van der Waals surface area contributed by atoms with Crippen molar-refractivity contribution in [3.05, 3.63) is 18.0 Å². The summed E-state index contributed by atoms with van der Waals surface area (Å²) in [6.07, 6.45) is 9.15. The Kier molecular flexibility index (Phi) is 3.50. The van der Waals surface area contributed by atoms with Gasteiger partial charge in [-0.05, 0) is 6.42 Å². The van der Waals surface area contributed by atoms with Crippen molar-refractivity contribution >= 4 is 0 Å². The number of aromatic nitrogens is 2. The highest BCUT2D eigenvalue weighted by atomic mass is 16.3. The molecule has 1 aromatic heterocycles. The van der Waals surface area contributed by atoms with E-state index >= 15 is 0 Å². The van der Waals surface area contributed by atoms with Crippen LogP contribution in [0.15, 0.2) is 12.4 Å². The van der Waals surface area contributed by atoms with E-state index in [0.717, 1.165) is 5.56 Å². The number of rotatable bonds is 4. The van der Waals surface area contributed by atoms with Crippen molar-refractivity contribution in [2.45, 2.75) is 19.0 Å². The molecule has 0 saturated heterocycles. The SMILES string of the molecule is C#CCn1cc(C(N)CCO)cn1. The highest BCUT2D eigenvalue weighted by molar-refractivity contribution is 5.10. The minimum absolute atomic E-state index is 0.0848. The van der Waals surface area contributed by atoms with Crippen molar-refractivity contribution in [3.63, 3.8) is 0 Å². The molecule has 3 N–H and O–H groups in total. The van der Waals surface area contributed by atoms with Crippen LogP contribution < -0.4 is 5.73 Å². The van der Waals surface area contributed by atoms with Gasteiger partial charge in [0.25, 0.3) is 0 Å². The van der Waals surface area contributed by atoms with Crippen LogP contribution in [0, 0.1) is 12.3 Å². The Morgan fingerprint density at radius 3 is 3.15 bits per heavy atom. The van der Waals surface area contributed by atoms with Crippen LogP contribution in [0.1, 0.15) is 18.0 Å². The highest BCUT2D eigenvalue weighted by Gasteiger charge is 2.06. The van der Waals surface area contributed by atoms with Gasteiger partial charge in [0, 0.05) is 24.4 Å². The molecule has 1 atom stereocenters. The van der Waals surface area contributed by atoms with Crippen molar-refractivity contribution < 1.29 is 5.11 Å². The van der Waals surface area contributed by atoms with Crippen LogP contribution >= 0.6 is 0 Å². The number of nitrogens with two attached hydrogens (primary N) is 1. The van der Waals surface area contributed by atoms with Crippen molar-refractivity contribution in [1.82, 2.24) is 9.78 Å². The molecule has 0 spiro atoms. The third kappa shape index (κ3) is 2.58. The van der Waals surface area contributed by atoms with Gasteiger partial charge >= 0.3 is 0 Å². The van der Waals surface area contributed by atoms with Gasteiger partial charge in [-0.1, -0.05) is 5.92 Å². The molecule has 1 heterocycles. The average molecular weight is 179 g/mol. The number of hydrogen-bond acceptors (Lipinski definition) is 3. The first-order valence-corrected chi connectivity index (χ1v) is 4.10. The van der Waals surface area contributed by atoms with Gasteiger partial charge in [0.1, 0.15) is 6.54 Å². The van der Waals surface area contributed by atoms with E-state index in [2.05, 4.69) is 11.0 Å². The van der Waals surface area contributed by atoms with Gasteiger partial charge < -0.3 is 10.8 Å². The molecule has 1 aromatic rings. The lowest BCUT2D eigenvalue weighted by molar-refractivity contribution is 0.276. The fourth-order valence-corrected chi connectivity index (χ4v) is 1.06. The molecular formula is C9H13N3O. The summed E-state index contributed by atoms with van der Waals surface area (Å²) in [5.74, 6) is 2.48. The van der Waals surface area contributed by atoms with Gasteiger partial charge in [0.15, 0.2) is 0 Å². The largest absolute Gasteiger partial charge is 0.396 e. The maximum atomic E-state index is 8.67. The average Bonchev–Trinajstić information content (AvgIpc) is 2.54. The number of hydrogen-bond donors (Lipinski definition) is 2. The van der Waals surface area contributed by atoms with Crippen LogP contribution in [0.25, 0.3) is 0 Å². The van der Waals surface area contributed by atoms with Crippen molar-refractivity contribution in [2.75, 3.05) is 6.61 Å². The lowest BCUT2D eigenvalue weighted by Crippen LogP contribution is -2.11. The zero-order chi connectivity index (χ0) is 9.68. The zero-order valence-electron chi connectivity index (χ0n) is 7.35. The summed E-state index contributed by atoms with van der Waals surface area (Å²) in [6, 6.07) is -0.156. The summed E-state index contributed by atoms with van der Waals surface area (Å²) in [4.78, 5) is 0. The molecule has 1 rings (SSSR count). The summed E-state index contributed by atoms with van der Waals surface area (Å²) in [5.41, 5.74) is 6.66. The Morgan fingerprint density at radius 1 is 1.77 bits per heavy atom. The number of terminal acetylenes is 1. The quantitative estimate of drug-likeness (QED) is 0.634. The normalized spacial score (nSPS) is 12.4. The Labute approximate surface area is 77.4 Å². The standard InChI is InChI=1S/C9H13N3O/c1-2-4-12-7-8(6-11-12)9(10)3-5-13/h1,6-7,9,13H,3-5,10H2. The summed E-state index contributed by atoms with van der Waals surface area (Å²) in [5, 5.41) is 12.7. The second-order valence-corrected chi connectivity index (χ2v) is 2.79. The molecule has 0 aliphatic carbocycles. The molecule has 70 valence electrons. The smallest absolute Gasteiger partial charge is 0.101 e. The van der Waals surface area contributed by atoms with Crippen LogP contribution in [-0.4, -0.2) is 21.5 Å². The monoisotopic (exact) mass is 179 g/mol. The lowest BCUT2D eigenvalue weighted by atomic mass is 10.1. The molecule has 0 fully saturated rings. The van der Waals surface area contributed by atoms with E-state index in [0.29, 0.717) is 13.0 Å². The van der Waals surface area contributed by atoms with Crippen molar-refractivity contribution in [1.29, 1.82) is 0 Å². The topological polar surface area (TPSA) is 64.1 Å². The first kappa shape index (κ1) is 9.78. The minimum atomic E-state index is -0.156. The summed E-state index contributed by atoms with van der Waals surface area (Å²) >= 11 is 0. The van der Waals surface area contributed by atoms with Gasteiger partial charge in [-0.2, -0.15) is 5.10 Å². The maximum Gasteiger partial charge on any atom is 0.101 e. The highest BCUT2D eigenvalue weighted by Crippen LogP contribution is 2.11. The number of aliphatic hydroxyl groups is 1. The maximum absolute atomic E-state index is 8.67. The molecule has 13 heavy (non-hydrogen) atoms. The second-order valence-electron chi connectivity index (χ2n) is 2.79. The zero-order valence-corrected chi connectivity index (χ0v) is 7.35. The fourth-order valence-electron chi connectivity index (χ4n) is 1.06. The predicted molar refractivity (Wildman–Crippen MR) is 49.7 cm³/mol. The number of nitrogens with zero attached hydrogens (tertiary/aromatic N) is 2. The number of aliphatic hydroxyl groups excluding tert-OH is 1. The molecule has 4 heteroatoms. The lowest BCUT2D eigenvalue weighted by Gasteiger charge is -2.05. The van der Waals surface area contributed by atoms with Gasteiger partial charge in [-0.3, -0.25) is 4.68 Å². The van der Waals surface area contributed by atoms with Crippen LogP contribution in [0.5, 0.6) is 0 Å². The molecule has 0 aromatic carbocycles. The predicted octanol–water partition coefficient (Wildman–Crippen LogP) is -0.102. The van der Waals surface area contributed by atoms with E-state index in [9.17, 15) is 0 Å². The van der Waals surface area contributed by atoms with Crippen LogP contribution in [-0.2, 0) is 6.54 Å². The van der Waals surface area contributed by atoms with Gasteiger partial charge in [-0.15, -0.1) is 6.42 Å². The first-order chi connectivity index (χ1) is 6.27. The molecule has 0 radical (unpaired) electrons. The third-order valence-electron chi connectivity index (χ3n) is 1.77. The Morgan fingerprint density at radius 2 is 2.54 bits per heavy atom. The first-order valence-electron chi connectivity index (χ1n) is 4.10. The third-order valence-corrected chi connectivity index (χ3v) is 1.77. The minimum Gasteiger partial charge on any atom is -0.396 e. The van der Waals surface area contributed by atoms with Gasteiger partial charge in [-0.25, -0.2) is 0 Å². The van der Waals surface area contributed by atoms with E-state index < -0.39 is 0 Å². The molecular weight excluding hydrogens is 166 g/mol. The molecule has 0 aliphatic rings. The molecule has 0 saturated carbocycles. The molecule has 0 bridgehead atoms. The van der Waals surface area contributed by atoms with Crippen LogP contribution in [0.4, 0.5) is 0 Å². The van der Waals surface area contributed by atoms with Crippen LogP contribution in [0.3, 0.4) is 0 Å². The Balaban J connectivity index is 2.63. The van der Waals surface area contributed by atoms with Crippen LogP contribution in [0.2, 0.25) is 0 Å². The molecule has 0 aliphatic heterocycles. The van der Waals surface area contributed by atoms with E-state index in [4.69, 9.17) is 17.3 Å². The van der Waals surface area contributed by atoms with Gasteiger partial charge in [0.05, 0.1) is 6.20 Å². The summed E-state index contributed by atoms with van der Waals surface area (Å²) < 4.78 is 1.65. The molecule has 4 nitrogen and oxygen atoms in total. The Hall–Kier alpha value is -1.31. The summed E-state index contributed by atoms with van der Waals surface area (Å²) in [6.45, 7) is 0.535.